The maximum atomic E-state index is 5.50. The van der Waals surface area contributed by atoms with Crippen LogP contribution in [-0.4, -0.2) is 25.8 Å². The minimum Gasteiger partial charge on any atom is -0.381 e. The van der Waals surface area contributed by atoms with Gasteiger partial charge >= 0.3 is 0 Å². The Morgan fingerprint density at radius 2 is 1.95 bits per heavy atom. The molecule has 1 heterocycles. The molecule has 2 fully saturated rings. The Labute approximate surface area is 119 Å². The highest BCUT2D eigenvalue weighted by Gasteiger charge is 2.28. The monoisotopic (exact) mass is 267 g/mol. The lowest BCUT2D eigenvalue weighted by molar-refractivity contribution is 0.0555. The molecule has 1 N–H and O–H groups in total. The standard InChI is InChI=1S/C17H33NO/c1-3-9-18-17(13-15-7-10-19-11-8-15)16-6-4-5-14(2)12-16/h14-18H,3-13H2,1-2H3. The molecule has 1 saturated carbocycles. The van der Waals surface area contributed by atoms with E-state index < -0.39 is 0 Å². The number of rotatable bonds is 6. The quantitative estimate of drug-likeness (QED) is 0.785. The molecule has 0 radical (unpaired) electrons. The van der Waals surface area contributed by atoms with Crippen molar-refractivity contribution in [2.75, 3.05) is 19.8 Å². The molecule has 0 aromatic rings. The smallest absolute Gasteiger partial charge is 0.0468 e. The van der Waals surface area contributed by atoms with Gasteiger partial charge in [-0.05, 0) is 62.8 Å². The molecule has 2 heteroatoms. The minimum atomic E-state index is 0.769. The summed E-state index contributed by atoms with van der Waals surface area (Å²) >= 11 is 0. The third kappa shape index (κ3) is 5.07. The summed E-state index contributed by atoms with van der Waals surface area (Å²) in [6, 6.07) is 0.769. The van der Waals surface area contributed by atoms with Gasteiger partial charge in [-0.15, -0.1) is 0 Å². The van der Waals surface area contributed by atoms with Crippen molar-refractivity contribution >= 4 is 0 Å². The topological polar surface area (TPSA) is 21.3 Å². The average Bonchev–Trinajstić information content (AvgIpc) is 2.44. The maximum Gasteiger partial charge on any atom is 0.0468 e. The fourth-order valence-electron chi connectivity index (χ4n) is 3.96. The summed E-state index contributed by atoms with van der Waals surface area (Å²) in [6.45, 7) is 7.90. The van der Waals surface area contributed by atoms with Gasteiger partial charge in [-0.3, -0.25) is 0 Å². The van der Waals surface area contributed by atoms with Crippen LogP contribution in [0.1, 0.15) is 65.2 Å². The van der Waals surface area contributed by atoms with Crippen molar-refractivity contribution < 1.29 is 4.74 Å². The number of ether oxygens (including phenoxy) is 1. The summed E-state index contributed by atoms with van der Waals surface area (Å²) in [7, 11) is 0. The van der Waals surface area contributed by atoms with E-state index in [0.29, 0.717) is 0 Å². The van der Waals surface area contributed by atoms with Crippen LogP contribution in [0, 0.1) is 17.8 Å². The molecule has 19 heavy (non-hydrogen) atoms. The second-order valence-electron chi connectivity index (χ2n) is 6.88. The van der Waals surface area contributed by atoms with Gasteiger partial charge in [0.2, 0.25) is 0 Å². The largest absolute Gasteiger partial charge is 0.381 e. The Bertz CT molecular complexity index is 237. The van der Waals surface area contributed by atoms with Crippen LogP contribution in [-0.2, 0) is 4.74 Å². The third-order valence-electron chi connectivity index (χ3n) is 5.13. The van der Waals surface area contributed by atoms with Crippen LogP contribution in [0.2, 0.25) is 0 Å². The molecule has 0 aromatic carbocycles. The van der Waals surface area contributed by atoms with Gasteiger partial charge in [0, 0.05) is 19.3 Å². The summed E-state index contributed by atoms with van der Waals surface area (Å²) in [6.07, 6.45) is 11.0. The number of hydrogen-bond donors (Lipinski definition) is 1. The molecule has 1 aliphatic heterocycles. The molecule has 1 aliphatic carbocycles. The fraction of sp³-hybridized carbons (Fsp3) is 1.00. The normalized spacial score (nSPS) is 31.3. The van der Waals surface area contributed by atoms with E-state index >= 15 is 0 Å². The maximum absolute atomic E-state index is 5.50. The Hall–Kier alpha value is -0.0800. The number of nitrogens with one attached hydrogen (secondary N) is 1. The van der Waals surface area contributed by atoms with Crippen molar-refractivity contribution in [2.24, 2.45) is 17.8 Å². The first kappa shape index (κ1) is 15.3. The number of hydrogen-bond acceptors (Lipinski definition) is 2. The molecule has 3 atom stereocenters. The zero-order valence-corrected chi connectivity index (χ0v) is 13.0. The van der Waals surface area contributed by atoms with E-state index in [4.69, 9.17) is 4.74 Å². The van der Waals surface area contributed by atoms with E-state index in [9.17, 15) is 0 Å². The van der Waals surface area contributed by atoms with Crippen molar-refractivity contribution in [2.45, 2.75) is 71.3 Å². The van der Waals surface area contributed by atoms with Crippen molar-refractivity contribution in [3.63, 3.8) is 0 Å². The summed E-state index contributed by atoms with van der Waals surface area (Å²) in [4.78, 5) is 0. The van der Waals surface area contributed by atoms with Crippen LogP contribution in [0.5, 0.6) is 0 Å². The second kappa shape index (κ2) is 8.26. The summed E-state index contributed by atoms with van der Waals surface area (Å²) < 4.78 is 5.50. The van der Waals surface area contributed by atoms with Crippen LogP contribution in [0.4, 0.5) is 0 Å². The second-order valence-corrected chi connectivity index (χ2v) is 6.88. The minimum absolute atomic E-state index is 0.769. The molecule has 2 rings (SSSR count). The van der Waals surface area contributed by atoms with E-state index in [1.165, 1.54) is 57.9 Å². The van der Waals surface area contributed by atoms with Crippen LogP contribution >= 0.6 is 0 Å². The van der Waals surface area contributed by atoms with Crippen molar-refractivity contribution in [1.29, 1.82) is 0 Å². The van der Waals surface area contributed by atoms with Gasteiger partial charge < -0.3 is 10.1 Å². The summed E-state index contributed by atoms with van der Waals surface area (Å²) in [5.41, 5.74) is 0. The Morgan fingerprint density at radius 1 is 1.16 bits per heavy atom. The van der Waals surface area contributed by atoms with Gasteiger partial charge in [-0.25, -0.2) is 0 Å². The van der Waals surface area contributed by atoms with Crippen LogP contribution in [0.25, 0.3) is 0 Å². The summed E-state index contributed by atoms with van der Waals surface area (Å²) in [5, 5.41) is 3.87. The first-order chi connectivity index (χ1) is 9.29. The Kier molecular flexibility index (Phi) is 6.66. The van der Waals surface area contributed by atoms with Gasteiger partial charge in [-0.1, -0.05) is 26.7 Å². The lowest BCUT2D eigenvalue weighted by atomic mass is 9.75. The van der Waals surface area contributed by atoms with Crippen molar-refractivity contribution in [1.82, 2.24) is 5.32 Å². The molecule has 0 amide bonds. The van der Waals surface area contributed by atoms with Gasteiger partial charge in [0.25, 0.3) is 0 Å². The molecule has 0 spiro atoms. The van der Waals surface area contributed by atoms with Crippen LogP contribution < -0.4 is 5.32 Å². The van der Waals surface area contributed by atoms with Crippen molar-refractivity contribution in [3.8, 4) is 0 Å². The van der Waals surface area contributed by atoms with E-state index in [-0.39, 0.29) is 0 Å². The highest BCUT2D eigenvalue weighted by molar-refractivity contribution is 4.84. The zero-order valence-electron chi connectivity index (χ0n) is 13.0. The SMILES string of the molecule is CCCNC(CC1CCOCC1)C1CCCC(C)C1. The first-order valence-electron chi connectivity index (χ1n) is 8.60. The molecule has 0 bridgehead atoms. The Balaban J connectivity index is 1.85. The molecule has 2 aliphatic rings. The van der Waals surface area contributed by atoms with E-state index in [2.05, 4.69) is 19.2 Å². The van der Waals surface area contributed by atoms with Gasteiger partial charge in [0.15, 0.2) is 0 Å². The van der Waals surface area contributed by atoms with Crippen LogP contribution in [0.15, 0.2) is 0 Å². The zero-order chi connectivity index (χ0) is 13.5. The lowest BCUT2D eigenvalue weighted by Crippen LogP contribution is -2.41. The first-order valence-corrected chi connectivity index (χ1v) is 8.60. The summed E-state index contributed by atoms with van der Waals surface area (Å²) in [5.74, 6) is 2.78. The van der Waals surface area contributed by atoms with E-state index in [0.717, 1.165) is 37.0 Å². The highest BCUT2D eigenvalue weighted by Crippen LogP contribution is 2.34. The molecular formula is C17H33NO. The third-order valence-corrected chi connectivity index (χ3v) is 5.13. The van der Waals surface area contributed by atoms with Gasteiger partial charge in [-0.2, -0.15) is 0 Å². The molecular weight excluding hydrogens is 234 g/mol. The van der Waals surface area contributed by atoms with E-state index in [1.54, 1.807) is 0 Å². The van der Waals surface area contributed by atoms with E-state index in [1.807, 2.05) is 0 Å². The average molecular weight is 267 g/mol. The van der Waals surface area contributed by atoms with Gasteiger partial charge in [0.1, 0.15) is 0 Å². The van der Waals surface area contributed by atoms with Crippen LogP contribution in [0.3, 0.4) is 0 Å². The lowest BCUT2D eigenvalue weighted by Gasteiger charge is -2.36. The van der Waals surface area contributed by atoms with Crippen molar-refractivity contribution in [3.05, 3.63) is 0 Å². The Morgan fingerprint density at radius 3 is 2.63 bits per heavy atom. The highest BCUT2D eigenvalue weighted by atomic mass is 16.5. The fourth-order valence-corrected chi connectivity index (χ4v) is 3.96. The predicted molar refractivity (Wildman–Crippen MR) is 81.4 cm³/mol. The molecule has 1 saturated heterocycles. The molecule has 3 unspecified atom stereocenters. The molecule has 2 nitrogen and oxygen atoms in total. The molecule has 0 aromatic heterocycles. The molecule has 112 valence electrons. The van der Waals surface area contributed by atoms with Gasteiger partial charge in [0.05, 0.1) is 0 Å². The predicted octanol–water partition coefficient (Wildman–Crippen LogP) is 4.00.